The second kappa shape index (κ2) is 9.02. The van der Waals surface area contributed by atoms with Gasteiger partial charge in [0.05, 0.1) is 11.2 Å². The molecule has 2 aromatic carbocycles. The Kier molecular flexibility index (Phi) is 5.61. The van der Waals surface area contributed by atoms with E-state index in [-0.39, 0.29) is 0 Å². The smallest absolute Gasteiger partial charge is 0.170 e. The van der Waals surface area contributed by atoms with Crippen LogP contribution in [0.15, 0.2) is 84.2 Å². The monoisotopic (exact) mass is 433 g/mol. The van der Waals surface area contributed by atoms with Gasteiger partial charge < -0.3 is 5.73 Å². The maximum absolute atomic E-state index is 5.79. The predicted octanol–water partition coefficient (Wildman–Crippen LogP) is 4.64. The molecule has 0 fully saturated rings. The highest BCUT2D eigenvalue weighted by molar-refractivity contribution is 5.98. The summed E-state index contributed by atoms with van der Waals surface area (Å²) in [5.74, 6) is 0.702. The molecule has 5 aromatic rings. The zero-order valence-electron chi connectivity index (χ0n) is 18.2. The summed E-state index contributed by atoms with van der Waals surface area (Å²) >= 11 is 0. The molecule has 0 aliphatic carbocycles. The van der Waals surface area contributed by atoms with Gasteiger partial charge in [0.25, 0.3) is 0 Å². The molecule has 0 unspecified atom stereocenters. The second-order valence-electron chi connectivity index (χ2n) is 7.50. The number of fused-ring (bicyclic) bond motifs is 3. The fourth-order valence-corrected chi connectivity index (χ4v) is 3.81. The molecule has 0 aliphatic rings. The first-order valence-electron chi connectivity index (χ1n) is 10.7. The summed E-state index contributed by atoms with van der Waals surface area (Å²) in [4.78, 5) is 5.06. The minimum Gasteiger partial charge on any atom is -0.326 e. The molecule has 0 atom stereocenters. The molecule has 0 bridgehead atoms. The van der Waals surface area contributed by atoms with Crippen molar-refractivity contribution in [1.29, 1.82) is 0 Å². The SMILES string of the molecule is C/C=N\N/C=C/c1nnc2c3cc(-c4ccccc4)c(-c4ccc(CN)cc4)nc3ccn12. The lowest BCUT2D eigenvalue weighted by Gasteiger charge is -2.12. The minimum atomic E-state index is 0.513. The maximum Gasteiger partial charge on any atom is 0.170 e. The molecule has 0 saturated heterocycles. The molecule has 7 heteroatoms. The van der Waals surface area contributed by atoms with Gasteiger partial charge in [0.2, 0.25) is 0 Å². The van der Waals surface area contributed by atoms with Gasteiger partial charge in [-0.3, -0.25) is 9.83 Å². The lowest BCUT2D eigenvalue weighted by atomic mass is 9.97. The van der Waals surface area contributed by atoms with Crippen LogP contribution >= 0.6 is 0 Å². The Hall–Kier alpha value is -4.36. The molecule has 3 N–H and O–H groups in total. The number of hydrazone groups is 1. The van der Waals surface area contributed by atoms with E-state index in [1.165, 1.54) is 0 Å². The summed E-state index contributed by atoms with van der Waals surface area (Å²) in [5, 5.41) is 13.7. The summed E-state index contributed by atoms with van der Waals surface area (Å²) in [6.07, 6.45) is 7.18. The lowest BCUT2D eigenvalue weighted by molar-refractivity contribution is 0.974. The summed E-state index contributed by atoms with van der Waals surface area (Å²) in [6.45, 7) is 2.36. The van der Waals surface area contributed by atoms with Crippen molar-refractivity contribution in [2.45, 2.75) is 13.5 Å². The Morgan fingerprint density at radius 1 is 1.00 bits per heavy atom. The Balaban J connectivity index is 1.70. The van der Waals surface area contributed by atoms with Gasteiger partial charge in [0.1, 0.15) is 0 Å². The third-order valence-corrected chi connectivity index (χ3v) is 5.46. The molecular formula is C26H23N7. The Morgan fingerprint density at radius 2 is 1.82 bits per heavy atom. The van der Waals surface area contributed by atoms with Crippen molar-refractivity contribution in [1.82, 2.24) is 25.0 Å². The average Bonchev–Trinajstić information content (AvgIpc) is 3.30. The topological polar surface area (TPSA) is 93.5 Å². The number of nitrogens with two attached hydrogens (primary N) is 1. The van der Waals surface area contributed by atoms with Crippen LogP contribution < -0.4 is 11.2 Å². The molecule has 162 valence electrons. The van der Waals surface area contributed by atoms with E-state index < -0.39 is 0 Å². The molecule has 5 rings (SSSR count). The first-order chi connectivity index (χ1) is 16.3. The van der Waals surface area contributed by atoms with Crippen molar-refractivity contribution in [3.8, 4) is 22.4 Å². The first-order valence-corrected chi connectivity index (χ1v) is 10.7. The van der Waals surface area contributed by atoms with Crippen LogP contribution in [-0.4, -0.2) is 25.8 Å². The van der Waals surface area contributed by atoms with E-state index >= 15 is 0 Å². The van der Waals surface area contributed by atoms with Gasteiger partial charge >= 0.3 is 0 Å². The molecule has 0 amide bonds. The number of nitrogens with one attached hydrogen (secondary N) is 1. The van der Waals surface area contributed by atoms with Crippen LogP contribution in [0.5, 0.6) is 0 Å². The molecule has 33 heavy (non-hydrogen) atoms. The van der Waals surface area contributed by atoms with Crippen molar-refractivity contribution in [2.75, 3.05) is 0 Å². The summed E-state index contributed by atoms with van der Waals surface area (Å²) in [7, 11) is 0. The van der Waals surface area contributed by atoms with Gasteiger partial charge in [0, 0.05) is 47.7 Å². The van der Waals surface area contributed by atoms with E-state index in [4.69, 9.17) is 10.7 Å². The number of pyridine rings is 2. The largest absolute Gasteiger partial charge is 0.326 e. The first kappa shape index (κ1) is 20.5. The van der Waals surface area contributed by atoms with Gasteiger partial charge in [-0.05, 0) is 30.2 Å². The molecule has 3 heterocycles. The van der Waals surface area contributed by atoms with Crippen LogP contribution in [0.2, 0.25) is 0 Å². The Labute approximate surface area is 191 Å². The van der Waals surface area contributed by atoms with E-state index in [0.29, 0.717) is 12.4 Å². The van der Waals surface area contributed by atoms with Gasteiger partial charge in [-0.25, -0.2) is 4.98 Å². The van der Waals surface area contributed by atoms with Gasteiger partial charge in [0.15, 0.2) is 11.5 Å². The summed E-state index contributed by atoms with van der Waals surface area (Å²) in [6, 6.07) is 22.7. The van der Waals surface area contributed by atoms with Crippen LogP contribution in [0.3, 0.4) is 0 Å². The fraction of sp³-hybridized carbons (Fsp3) is 0.0769. The van der Waals surface area contributed by atoms with Crippen LogP contribution in [-0.2, 0) is 6.54 Å². The molecular weight excluding hydrogens is 410 g/mol. The Morgan fingerprint density at radius 3 is 2.58 bits per heavy atom. The molecule has 0 saturated carbocycles. The molecule has 3 aromatic heterocycles. The Bertz CT molecular complexity index is 1470. The maximum atomic E-state index is 5.79. The highest BCUT2D eigenvalue weighted by Gasteiger charge is 2.15. The van der Waals surface area contributed by atoms with Crippen LogP contribution in [0.1, 0.15) is 18.3 Å². The number of aromatic nitrogens is 4. The minimum absolute atomic E-state index is 0.513. The fourth-order valence-electron chi connectivity index (χ4n) is 3.81. The van der Waals surface area contributed by atoms with Crippen molar-refractivity contribution < 1.29 is 0 Å². The molecule has 0 aliphatic heterocycles. The van der Waals surface area contributed by atoms with Crippen LogP contribution in [0.25, 0.3) is 45.0 Å². The second-order valence-corrected chi connectivity index (χ2v) is 7.50. The molecule has 7 nitrogen and oxygen atoms in total. The zero-order valence-corrected chi connectivity index (χ0v) is 18.2. The van der Waals surface area contributed by atoms with E-state index in [2.05, 4.69) is 51.1 Å². The standard InChI is InChI=1S/C26H23N7/c1-2-28-29-14-12-24-31-32-26-22-16-21(19-6-4-3-5-7-19)25(30-23(22)13-15-33(24)26)20-10-8-18(17-27)9-11-20/h2-16,29H,17,27H2,1H3/b14-12+,28-2-. The summed E-state index contributed by atoms with van der Waals surface area (Å²) < 4.78 is 1.95. The van der Waals surface area contributed by atoms with Gasteiger partial charge in [-0.1, -0.05) is 54.6 Å². The highest BCUT2D eigenvalue weighted by Crippen LogP contribution is 2.34. The summed E-state index contributed by atoms with van der Waals surface area (Å²) in [5.41, 5.74) is 15.4. The van der Waals surface area contributed by atoms with Crippen LogP contribution in [0.4, 0.5) is 0 Å². The van der Waals surface area contributed by atoms with Crippen molar-refractivity contribution in [3.05, 3.63) is 90.5 Å². The number of hydrogen-bond acceptors (Lipinski definition) is 6. The number of benzene rings is 2. The van der Waals surface area contributed by atoms with E-state index in [1.54, 1.807) is 12.4 Å². The molecule has 0 spiro atoms. The van der Waals surface area contributed by atoms with Crippen molar-refractivity contribution in [3.63, 3.8) is 0 Å². The zero-order chi connectivity index (χ0) is 22.6. The highest BCUT2D eigenvalue weighted by atomic mass is 15.3. The average molecular weight is 434 g/mol. The normalized spacial score (nSPS) is 11.8. The quantitative estimate of drug-likeness (QED) is 0.301. The number of nitrogens with zero attached hydrogens (tertiary/aromatic N) is 5. The van der Waals surface area contributed by atoms with Crippen LogP contribution in [0, 0.1) is 0 Å². The lowest BCUT2D eigenvalue weighted by Crippen LogP contribution is -1.97. The van der Waals surface area contributed by atoms with E-state index in [0.717, 1.165) is 44.5 Å². The van der Waals surface area contributed by atoms with Crippen molar-refractivity contribution >= 4 is 28.8 Å². The van der Waals surface area contributed by atoms with E-state index in [1.807, 2.05) is 60.0 Å². The number of hydrogen-bond donors (Lipinski definition) is 2. The molecule has 0 radical (unpaired) electrons. The number of rotatable bonds is 6. The third-order valence-electron chi connectivity index (χ3n) is 5.46. The predicted molar refractivity (Wildman–Crippen MR) is 133 cm³/mol. The van der Waals surface area contributed by atoms with Gasteiger partial charge in [-0.2, -0.15) is 5.10 Å². The van der Waals surface area contributed by atoms with Crippen molar-refractivity contribution in [2.24, 2.45) is 10.8 Å². The third kappa shape index (κ3) is 3.97. The van der Waals surface area contributed by atoms with Gasteiger partial charge in [-0.15, -0.1) is 10.2 Å². The van der Waals surface area contributed by atoms with E-state index in [9.17, 15) is 0 Å².